The quantitative estimate of drug-likeness (QED) is 0.698. The van der Waals surface area contributed by atoms with Crippen LogP contribution in [0.2, 0.25) is 0 Å². The van der Waals surface area contributed by atoms with Gasteiger partial charge < -0.3 is 5.32 Å². The highest BCUT2D eigenvalue weighted by molar-refractivity contribution is 8.13. The smallest absolute Gasteiger partial charge is 0.156 e. The van der Waals surface area contributed by atoms with Gasteiger partial charge in [-0.1, -0.05) is 25.6 Å². The van der Waals surface area contributed by atoms with E-state index in [0.29, 0.717) is 6.04 Å². The predicted molar refractivity (Wildman–Crippen MR) is 59.2 cm³/mol. The van der Waals surface area contributed by atoms with Crippen molar-refractivity contribution in [2.24, 2.45) is 16.8 Å². The SMILES string of the molecule is CC1CC(NC2=NCCCS2)C1C. The van der Waals surface area contributed by atoms with E-state index in [-0.39, 0.29) is 0 Å². The Hall–Kier alpha value is -0.180. The molecule has 3 heteroatoms. The Bertz CT molecular complexity index is 215. The maximum Gasteiger partial charge on any atom is 0.156 e. The molecule has 74 valence electrons. The summed E-state index contributed by atoms with van der Waals surface area (Å²) in [6.45, 7) is 5.69. The summed E-state index contributed by atoms with van der Waals surface area (Å²) in [5.74, 6) is 2.96. The van der Waals surface area contributed by atoms with E-state index in [4.69, 9.17) is 0 Å². The first-order valence-corrected chi connectivity index (χ1v) is 6.19. The van der Waals surface area contributed by atoms with Crippen molar-refractivity contribution >= 4 is 16.9 Å². The van der Waals surface area contributed by atoms with Crippen LogP contribution in [-0.2, 0) is 0 Å². The van der Waals surface area contributed by atoms with Crippen molar-refractivity contribution in [3.63, 3.8) is 0 Å². The number of amidine groups is 1. The second-order valence-corrected chi connectivity index (χ2v) is 5.30. The van der Waals surface area contributed by atoms with E-state index in [1.165, 1.54) is 23.8 Å². The van der Waals surface area contributed by atoms with Crippen LogP contribution in [0.25, 0.3) is 0 Å². The Labute approximate surface area is 84.6 Å². The van der Waals surface area contributed by atoms with Gasteiger partial charge in [-0.25, -0.2) is 0 Å². The third kappa shape index (κ3) is 2.01. The van der Waals surface area contributed by atoms with E-state index in [1.807, 2.05) is 11.8 Å². The molecule has 0 aromatic heterocycles. The third-order valence-corrected chi connectivity index (χ3v) is 4.28. The molecule has 0 radical (unpaired) electrons. The molecule has 1 aliphatic heterocycles. The summed E-state index contributed by atoms with van der Waals surface area (Å²) in [6.07, 6.45) is 2.56. The molecule has 0 aromatic rings. The Kier molecular flexibility index (Phi) is 2.82. The number of hydrogen-bond donors (Lipinski definition) is 1. The lowest BCUT2D eigenvalue weighted by molar-refractivity contribution is 0.156. The molecule has 1 fully saturated rings. The van der Waals surface area contributed by atoms with Crippen LogP contribution >= 0.6 is 11.8 Å². The molecule has 0 aromatic carbocycles. The average molecular weight is 198 g/mol. The lowest BCUT2D eigenvalue weighted by atomic mass is 9.72. The van der Waals surface area contributed by atoms with Gasteiger partial charge in [-0.2, -0.15) is 0 Å². The first-order valence-electron chi connectivity index (χ1n) is 5.21. The molecule has 2 nitrogen and oxygen atoms in total. The first kappa shape index (κ1) is 9.38. The fourth-order valence-electron chi connectivity index (χ4n) is 1.93. The van der Waals surface area contributed by atoms with E-state index in [1.54, 1.807) is 0 Å². The molecule has 0 amide bonds. The summed E-state index contributed by atoms with van der Waals surface area (Å²) in [5, 5.41) is 4.74. The van der Waals surface area contributed by atoms with Gasteiger partial charge in [0.05, 0.1) is 0 Å². The molecule has 2 rings (SSSR count). The molecular weight excluding hydrogens is 180 g/mol. The van der Waals surface area contributed by atoms with Gasteiger partial charge in [0.15, 0.2) is 5.17 Å². The fourth-order valence-corrected chi connectivity index (χ4v) is 2.81. The largest absolute Gasteiger partial charge is 0.362 e. The maximum absolute atomic E-state index is 4.48. The van der Waals surface area contributed by atoms with E-state index >= 15 is 0 Å². The minimum atomic E-state index is 0.694. The highest BCUT2D eigenvalue weighted by Gasteiger charge is 2.34. The Morgan fingerprint density at radius 2 is 2.31 bits per heavy atom. The molecule has 0 bridgehead atoms. The molecule has 1 heterocycles. The van der Waals surface area contributed by atoms with Gasteiger partial charge in [-0.05, 0) is 24.7 Å². The van der Waals surface area contributed by atoms with Gasteiger partial charge in [0.2, 0.25) is 0 Å². The highest BCUT2D eigenvalue weighted by Crippen LogP contribution is 2.34. The van der Waals surface area contributed by atoms with Crippen LogP contribution in [0.15, 0.2) is 4.99 Å². The fraction of sp³-hybridized carbons (Fsp3) is 0.900. The minimum absolute atomic E-state index is 0.694. The van der Waals surface area contributed by atoms with Crippen LogP contribution < -0.4 is 5.32 Å². The molecule has 1 N–H and O–H groups in total. The van der Waals surface area contributed by atoms with Crippen LogP contribution in [0.5, 0.6) is 0 Å². The van der Waals surface area contributed by atoms with Gasteiger partial charge in [-0.15, -0.1) is 0 Å². The minimum Gasteiger partial charge on any atom is -0.362 e. The van der Waals surface area contributed by atoms with Gasteiger partial charge in [0.25, 0.3) is 0 Å². The van der Waals surface area contributed by atoms with E-state index in [9.17, 15) is 0 Å². The molecule has 13 heavy (non-hydrogen) atoms. The summed E-state index contributed by atoms with van der Waals surface area (Å²) in [4.78, 5) is 4.48. The number of thioether (sulfide) groups is 1. The molecule has 2 aliphatic rings. The van der Waals surface area contributed by atoms with E-state index < -0.39 is 0 Å². The second-order valence-electron chi connectivity index (χ2n) is 4.21. The summed E-state index contributed by atoms with van der Waals surface area (Å²) in [5.41, 5.74) is 0. The van der Waals surface area contributed by atoms with Crippen molar-refractivity contribution in [2.45, 2.75) is 32.7 Å². The maximum atomic E-state index is 4.48. The van der Waals surface area contributed by atoms with E-state index in [2.05, 4.69) is 24.2 Å². The molecule has 0 saturated heterocycles. The molecule has 3 unspecified atom stereocenters. The Balaban J connectivity index is 1.81. The van der Waals surface area contributed by atoms with Crippen LogP contribution in [0.1, 0.15) is 26.7 Å². The zero-order valence-electron chi connectivity index (χ0n) is 8.42. The van der Waals surface area contributed by atoms with Crippen LogP contribution in [0.4, 0.5) is 0 Å². The predicted octanol–water partition coefficient (Wildman–Crippen LogP) is 2.11. The standard InChI is InChI=1S/C10H18N2S/c1-7-6-9(8(7)2)12-10-11-4-3-5-13-10/h7-9H,3-6H2,1-2H3,(H,11,12). The van der Waals surface area contributed by atoms with Crippen LogP contribution in [0.3, 0.4) is 0 Å². The molecule has 0 spiro atoms. The van der Waals surface area contributed by atoms with Crippen molar-refractivity contribution in [1.82, 2.24) is 5.32 Å². The average Bonchev–Trinajstić information content (AvgIpc) is 2.19. The van der Waals surface area contributed by atoms with Crippen molar-refractivity contribution in [3.05, 3.63) is 0 Å². The van der Waals surface area contributed by atoms with E-state index in [0.717, 1.165) is 18.4 Å². The molecular formula is C10H18N2S. The van der Waals surface area contributed by atoms with Crippen molar-refractivity contribution < 1.29 is 0 Å². The lowest BCUT2D eigenvalue weighted by Gasteiger charge is -2.42. The summed E-state index contributed by atoms with van der Waals surface area (Å²) < 4.78 is 0. The normalized spacial score (nSPS) is 39.2. The highest BCUT2D eigenvalue weighted by atomic mass is 32.2. The van der Waals surface area contributed by atoms with Crippen LogP contribution in [-0.4, -0.2) is 23.5 Å². The summed E-state index contributed by atoms with van der Waals surface area (Å²) in [7, 11) is 0. The Morgan fingerprint density at radius 3 is 2.85 bits per heavy atom. The topological polar surface area (TPSA) is 24.4 Å². The number of aliphatic imine (C=N–C) groups is 1. The summed E-state index contributed by atoms with van der Waals surface area (Å²) in [6, 6.07) is 0.694. The lowest BCUT2D eigenvalue weighted by Crippen LogP contribution is -2.50. The second kappa shape index (κ2) is 3.91. The van der Waals surface area contributed by atoms with Crippen LogP contribution in [0, 0.1) is 11.8 Å². The van der Waals surface area contributed by atoms with Gasteiger partial charge in [0, 0.05) is 18.3 Å². The number of rotatable bonds is 1. The number of hydrogen-bond acceptors (Lipinski definition) is 3. The first-order chi connectivity index (χ1) is 6.27. The third-order valence-electron chi connectivity index (χ3n) is 3.26. The zero-order chi connectivity index (χ0) is 9.26. The number of nitrogens with zero attached hydrogens (tertiary/aromatic N) is 1. The summed E-state index contributed by atoms with van der Waals surface area (Å²) >= 11 is 1.88. The van der Waals surface area contributed by atoms with Gasteiger partial charge in [-0.3, -0.25) is 4.99 Å². The van der Waals surface area contributed by atoms with Crippen molar-refractivity contribution in [3.8, 4) is 0 Å². The molecule has 3 atom stereocenters. The van der Waals surface area contributed by atoms with Crippen molar-refractivity contribution in [1.29, 1.82) is 0 Å². The monoisotopic (exact) mass is 198 g/mol. The van der Waals surface area contributed by atoms with Gasteiger partial charge >= 0.3 is 0 Å². The molecule has 1 aliphatic carbocycles. The van der Waals surface area contributed by atoms with Gasteiger partial charge in [0.1, 0.15) is 0 Å². The van der Waals surface area contributed by atoms with Crippen molar-refractivity contribution in [2.75, 3.05) is 12.3 Å². The molecule has 1 saturated carbocycles. The zero-order valence-corrected chi connectivity index (χ0v) is 9.23. The Morgan fingerprint density at radius 1 is 1.46 bits per heavy atom. The number of nitrogens with one attached hydrogen (secondary N) is 1.